The van der Waals surface area contributed by atoms with Crippen molar-refractivity contribution in [1.29, 1.82) is 5.26 Å². The third-order valence-corrected chi connectivity index (χ3v) is 3.80. The Morgan fingerprint density at radius 3 is 3.15 bits per heavy atom. The topological polar surface area (TPSA) is 49.2 Å². The monoisotopic (exact) mass is 267 g/mol. The van der Waals surface area contributed by atoms with E-state index in [9.17, 15) is 5.26 Å². The van der Waals surface area contributed by atoms with E-state index in [4.69, 9.17) is 4.74 Å². The van der Waals surface area contributed by atoms with Gasteiger partial charge in [0.15, 0.2) is 0 Å². The van der Waals surface area contributed by atoms with Gasteiger partial charge in [-0.05, 0) is 30.7 Å². The van der Waals surface area contributed by atoms with Crippen LogP contribution in [0.25, 0.3) is 10.9 Å². The molecular formula is C16H17N3O. The lowest BCUT2D eigenvalue weighted by molar-refractivity contribution is 0.0385. The fourth-order valence-corrected chi connectivity index (χ4v) is 2.71. The summed E-state index contributed by atoms with van der Waals surface area (Å²) < 4.78 is 5.73. The average molecular weight is 267 g/mol. The molecular weight excluding hydrogens is 250 g/mol. The van der Waals surface area contributed by atoms with Crippen LogP contribution in [0.4, 0.5) is 5.69 Å². The van der Waals surface area contributed by atoms with Gasteiger partial charge in [0.2, 0.25) is 0 Å². The minimum absolute atomic E-state index is 0.283. The van der Waals surface area contributed by atoms with Crippen LogP contribution in [0.3, 0.4) is 0 Å². The molecule has 0 spiro atoms. The highest BCUT2D eigenvalue weighted by molar-refractivity contribution is 5.95. The van der Waals surface area contributed by atoms with E-state index in [2.05, 4.69) is 22.9 Å². The van der Waals surface area contributed by atoms with E-state index in [1.54, 1.807) is 6.20 Å². The van der Waals surface area contributed by atoms with Gasteiger partial charge in [0.05, 0.1) is 23.8 Å². The molecule has 3 rings (SSSR count). The molecule has 1 aliphatic heterocycles. The average Bonchev–Trinajstić information content (AvgIpc) is 2.54. The lowest BCUT2D eigenvalue weighted by Gasteiger charge is -2.34. The van der Waals surface area contributed by atoms with Gasteiger partial charge in [-0.1, -0.05) is 6.92 Å². The highest BCUT2D eigenvalue weighted by atomic mass is 16.5. The first kappa shape index (κ1) is 12.9. The molecule has 20 heavy (non-hydrogen) atoms. The minimum Gasteiger partial charge on any atom is -0.375 e. The van der Waals surface area contributed by atoms with E-state index in [0.29, 0.717) is 5.56 Å². The predicted octanol–water partition coefficient (Wildman–Crippen LogP) is 2.72. The van der Waals surface area contributed by atoms with Crippen molar-refractivity contribution in [2.24, 2.45) is 0 Å². The predicted molar refractivity (Wildman–Crippen MR) is 78.7 cm³/mol. The van der Waals surface area contributed by atoms with E-state index in [0.717, 1.165) is 42.7 Å². The molecule has 1 aromatic heterocycles. The van der Waals surface area contributed by atoms with E-state index >= 15 is 0 Å². The Labute approximate surface area is 118 Å². The molecule has 4 nitrogen and oxygen atoms in total. The number of nitriles is 1. The Morgan fingerprint density at radius 1 is 1.45 bits per heavy atom. The van der Waals surface area contributed by atoms with Crippen LogP contribution in [0.2, 0.25) is 0 Å². The number of hydrogen-bond donors (Lipinski definition) is 0. The second kappa shape index (κ2) is 5.48. The number of morpholine rings is 1. The van der Waals surface area contributed by atoms with Gasteiger partial charge >= 0.3 is 0 Å². The first-order chi connectivity index (χ1) is 9.83. The summed E-state index contributed by atoms with van der Waals surface area (Å²) >= 11 is 0. The van der Waals surface area contributed by atoms with Gasteiger partial charge in [-0.2, -0.15) is 5.26 Å². The van der Waals surface area contributed by atoms with Gasteiger partial charge < -0.3 is 9.64 Å². The number of fused-ring (bicyclic) bond motifs is 1. The van der Waals surface area contributed by atoms with Gasteiger partial charge in [0.25, 0.3) is 0 Å². The maximum Gasteiger partial charge on any atom is 0.101 e. The van der Waals surface area contributed by atoms with Crippen molar-refractivity contribution in [3.05, 3.63) is 36.0 Å². The molecule has 1 unspecified atom stereocenters. The van der Waals surface area contributed by atoms with Gasteiger partial charge in [-0.25, -0.2) is 0 Å². The lowest BCUT2D eigenvalue weighted by Crippen LogP contribution is -2.42. The quantitative estimate of drug-likeness (QED) is 0.839. The van der Waals surface area contributed by atoms with Crippen LogP contribution in [0, 0.1) is 11.3 Å². The smallest absolute Gasteiger partial charge is 0.101 e. The zero-order chi connectivity index (χ0) is 13.9. The summed E-state index contributed by atoms with van der Waals surface area (Å²) in [5.74, 6) is 0. The number of anilines is 1. The molecule has 1 aliphatic rings. The zero-order valence-corrected chi connectivity index (χ0v) is 11.5. The molecule has 0 radical (unpaired) electrons. The van der Waals surface area contributed by atoms with Gasteiger partial charge in [0.1, 0.15) is 6.07 Å². The molecule has 0 amide bonds. The summed E-state index contributed by atoms with van der Waals surface area (Å²) in [6, 6.07) is 10.1. The molecule has 2 heterocycles. The second-order valence-electron chi connectivity index (χ2n) is 4.99. The van der Waals surface area contributed by atoms with E-state index in [1.807, 2.05) is 24.3 Å². The highest BCUT2D eigenvalue weighted by Gasteiger charge is 2.21. The highest BCUT2D eigenvalue weighted by Crippen LogP contribution is 2.29. The van der Waals surface area contributed by atoms with Crippen LogP contribution in [0.1, 0.15) is 18.9 Å². The van der Waals surface area contributed by atoms with Gasteiger partial charge in [-0.3, -0.25) is 4.98 Å². The number of pyridine rings is 1. The Bertz CT molecular complexity index is 662. The standard InChI is InChI=1S/C16H17N3O/c1-2-13-11-19(8-9-20-13)15-6-5-12(10-17)16-14(15)4-3-7-18-16/h3-7,13H,2,8-9,11H2,1H3. The molecule has 0 N–H and O–H groups in total. The summed E-state index contributed by atoms with van der Waals surface area (Å²) in [5.41, 5.74) is 2.56. The SMILES string of the molecule is CCC1CN(c2ccc(C#N)c3ncccc23)CCO1. The summed E-state index contributed by atoms with van der Waals surface area (Å²) in [6.45, 7) is 4.67. The Morgan fingerprint density at radius 2 is 2.35 bits per heavy atom. The molecule has 0 aliphatic carbocycles. The molecule has 1 saturated heterocycles. The minimum atomic E-state index is 0.283. The maximum absolute atomic E-state index is 9.19. The Balaban J connectivity index is 2.06. The molecule has 1 fully saturated rings. The van der Waals surface area contributed by atoms with Crippen molar-refractivity contribution in [3.8, 4) is 6.07 Å². The summed E-state index contributed by atoms with van der Waals surface area (Å²) in [4.78, 5) is 6.70. The van der Waals surface area contributed by atoms with Crippen LogP contribution >= 0.6 is 0 Å². The van der Waals surface area contributed by atoms with Crippen LogP contribution < -0.4 is 4.90 Å². The molecule has 2 aromatic rings. The maximum atomic E-state index is 9.19. The third-order valence-electron chi connectivity index (χ3n) is 3.80. The molecule has 1 aromatic carbocycles. The molecule has 1 atom stereocenters. The van der Waals surface area contributed by atoms with E-state index in [1.165, 1.54) is 0 Å². The normalized spacial score (nSPS) is 19.0. The molecule has 4 heteroatoms. The number of benzene rings is 1. The molecule has 0 bridgehead atoms. The molecule has 102 valence electrons. The fraction of sp³-hybridized carbons (Fsp3) is 0.375. The second-order valence-corrected chi connectivity index (χ2v) is 4.99. The van der Waals surface area contributed by atoms with Crippen molar-refractivity contribution in [1.82, 2.24) is 4.98 Å². The number of ether oxygens (including phenoxy) is 1. The lowest BCUT2D eigenvalue weighted by atomic mass is 10.1. The van der Waals surface area contributed by atoms with Crippen LogP contribution in [-0.2, 0) is 4.74 Å². The Hall–Kier alpha value is -2.12. The van der Waals surface area contributed by atoms with Gasteiger partial charge in [0, 0.05) is 30.4 Å². The summed E-state index contributed by atoms with van der Waals surface area (Å²) in [7, 11) is 0. The van der Waals surface area contributed by atoms with Crippen molar-refractivity contribution < 1.29 is 4.74 Å². The van der Waals surface area contributed by atoms with E-state index < -0.39 is 0 Å². The zero-order valence-electron chi connectivity index (χ0n) is 11.5. The van der Waals surface area contributed by atoms with Crippen LogP contribution in [-0.4, -0.2) is 30.8 Å². The number of nitrogens with zero attached hydrogens (tertiary/aromatic N) is 3. The molecule has 0 saturated carbocycles. The van der Waals surface area contributed by atoms with Gasteiger partial charge in [-0.15, -0.1) is 0 Å². The van der Waals surface area contributed by atoms with Crippen LogP contribution in [0.15, 0.2) is 30.5 Å². The van der Waals surface area contributed by atoms with Crippen LogP contribution in [0.5, 0.6) is 0 Å². The van der Waals surface area contributed by atoms with Crippen molar-refractivity contribution in [3.63, 3.8) is 0 Å². The van der Waals surface area contributed by atoms with Crippen molar-refractivity contribution in [2.75, 3.05) is 24.6 Å². The summed E-state index contributed by atoms with van der Waals surface area (Å²) in [5, 5.41) is 10.2. The number of hydrogen-bond acceptors (Lipinski definition) is 4. The first-order valence-corrected chi connectivity index (χ1v) is 6.98. The van der Waals surface area contributed by atoms with Crippen molar-refractivity contribution >= 4 is 16.6 Å². The first-order valence-electron chi connectivity index (χ1n) is 6.98. The third kappa shape index (κ3) is 2.21. The van der Waals surface area contributed by atoms with E-state index in [-0.39, 0.29) is 6.10 Å². The Kier molecular flexibility index (Phi) is 3.53. The van der Waals surface area contributed by atoms with Crippen molar-refractivity contribution in [2.45, 2.75) is 19.4 Å². The summed E-state index contributed by atoms with van der Waals surface area (Å²) in [6.07, 6.45) is 3.04. The fourth-order valence-electron chi connectivity index (χ4n) is 2.71. The largest absolute Gasteiger partial charge is 0.375 e. The number of rotatable bonds is 2. The number of aromatic nitrogens is 1.